The van der Waals surface area contributed by atoms with Gasteiger partial charge in [-0.1, -0.05) is 12.8 Å². The molecule has 2 unspecified atom stereocenters. The SMILES string of the molecule is O=C(Nc1ccc2c(c1)OC(F)(F)O2)C1CCCCC1C(F)(F)F. The summed E-state index contributed by atoms with van der Waals surface area (Å²) in [5.74, 6) is -4.14. The molecular weight excluding hydrogens is 337 g/mol. The van der Waals surface area contributed by atoms with Crippen LogP contribution in [0.15, 0.2) is 18.2 Å². The van der Waals surface area contributed by atoms with E-state index in [4.69, 9.17) is 0 Å². The highest BCUT2D eigenvalue weighted by Crippen LogP contribution is 2.44. The van der Waals surface area contributed by atoms with Gasteiger partial charge < -0.3 is 14.8 Å². The Morgan fingerprint density at radius 1 is 1.12 bits per heavy atom. The van der Waals surface area contributed by atoms with E-state index in [0.29, 0.717) is 12.8 Å². The number of ether oxygens (including phenoxy) is 2. The number of carbonyl (C=O) groups excluding carboxylic acids is 1. The van der Waals surface area contributed by atoms with E-state index in [0.717, 1.165) is 12.1 Å². The van der Waals surface area contributed by atoms with Crippen molar-refractivity contribution in [3.8, 4) is 11.5 Å². The van der Waals surface area contributed by atoms with Crippen molar-refractivity contribution < 1.29 is 36.2 Å². The first kappa shape index (κ1) is 16.8. The van der Waals surface area contributed by atoms with Crippen LogP contribution in [-0.2, 0) is 4.79 Å². The summed E-state index contributed by atoms with van der Waals surface area (Å²) in [6, 6.07) is 3.53. The van der Waals surface area contributed by atoms with Crippen LogP contribution >= 0.6 is 0 Å². The number of carbonyl (C=O) groups is 1. The molecule has 2 aliphatic rings. The molecule has 1 aromatic rings. The molecule has 0 saturated heterocycles. The van der Waals surface area contributed by atoms with Gasteiger partial charge in [-0.2, -0.15) is 13.2 Å². The molecule has 1 amide bonds. The predicted octanol–water partition coefficient (Wildman–Crippen LogP) is 4.32. The normalized spacial score (nSPS) is 25.4. The Morgan fingerprint density at radius 2 is 1.79 bits per heavy atom. The van der Waals surface area contributed by atoms with Gasteiger partial charge in [0, 0.05) is 17.7 Å². The van der Waals surface area contributed by atoms with Crippen LogP contribution in [0.25, 0.3) is 0 Å². The van der Waals surface area contributed by atoms with Crippen LogP contribution < -0.4 is 14.8 Å². The molecule has 24 heavy (non-hydrogen) atoms. The number of alkyl halides is 5. The monoisotopic (exact) mass is 351 g/mol. The minimum Gasteiger partial charge on any atom is -0.395 e. The first-order chi connectivity index (χ1) is 11.2. The van der Waals surface area contributed by atoms with E-state index in [-0.39, 0.29) is 30.0 Å². The van der Waals surface area contributed by atoms with Gasteiger partial charge in [-0.25, -0.2) is 0 Å². The zero-order valence-electron chi connectivity index (χ0n) is 12.3. The van der Waals surface area contributed by atoms with Crippen LogP contribution in [0.5, 0.6) is 11.5 Å². The summed E-state index contributed by atoms with van der Waals surface area (Å²) in [5, 5.41) is 2.35. The molecule has 1 N–H and O–H groups in total. The lowest BCUT2D eigenvalue weighted by molar-refractivity contribution is -0.286. The van der Waals surface area contributed by atoms with Crippen LogP contribution in [0.1, 0.15) is 25.7 Å². The molecular formula is C15H14F5NO3. The van der Waals surface area contributed by atoms with Crippen molar-refractivity contribution in [1.82, 2.24) is 0 Å². The van der Waals surface area contributed by atoms with E-state index in [1.54, 1.807) is 0 Å². The van der Waals surface area contributed by atoms with Gasteiger partial charge in [0.05, 0.1) is 5.92 Å². The van der Waals surface area contributed by atoms with Crippen LogP contribution in [0, 0.1) is 11.8 Å². The van der Waals surface area contributed by atoms with E-state index in [1.807, 2.05) is 0 Å². The standard InChI is InChI=1S/C15H14F5NO3/c16-14(17,18)10-4-2-1-3-9(10)13(22)21-8-5-6-11-12(7-8)24-15(19,20)23-11/h5-7,9-10H,1-4H2,(H,21,22). The van der Waals surface area contributed by atoms with Gasteiger partial charge >= 0.3 is 12.5 Å². The number of hydrogen-bond acceptors (Lipinski definition) is 3. The first-order valence-electron chi connectivity index (χ1n) is 7.43. The van der Waals surface area contributed by atoms with E-state index in [9.17, 15) is 26.7 Å². The van der Waals surface area contributed by atoms with E-state index in [1.165, 1.54) is 6.07 Å². The molecule has 3 rings (SSSR count). The van der Waals surface area contributed by atoms with Crippen molar-refractivity contribution in [3.05, 3.63) is 18.2 Å². The smallest absolute Gasteiger partial charge is 0.395 e. The number of nitrogens with one attached hydrogen (secondary N) is 1. The van der Waals surface area contributed by atoms with Crippen molar-refractivity contribution in [2.45, 2.75) is 38.2 Å². The number of amides is 1. The van der Waals surface area contributed by atoms with E-state index < -0.39 is 30.2 Å². The third-order valence-corrected chi connectivity index (χ3v) is 4.19. The summed E-state index contributed by atoms with van der Waals surface area (Å²) >= 11 is 0. The van der Waals surface area contributed by atoms with E-state index in [2.05, 4.69) is 14.8 Å². The van der Waals surface area contributed by atoms with Crippen molar-refractivity contribution in [3.63, 3.8) is 0 Å². The lowest BCUT2D eigenvalue weighted by atomic mass is 9.78. The molecule has 1 aliphatic carbocycles. The van der Waals surface area contributed by atoms with Crippen LogP contribution in [0.4, 0.5) is 27.6 Å². The quantitative estimate of drug-likeness (QED) is 0.808. The highest BCUT2D eigenvalue weighted by Gasteiger charge is 2.48. The summed E-state index contributed by atoms with van der Waals surface area (Å²) in [6.45, 7) is 0. The molecule has 2 atom stereocenters. The molecule has 4 nitrogen and oxygen atoms in total. The Balaban J connectivity index is 1.73. The zero-order chi connectivity index (χ0) is 17.5. The Hall–Kier alpha value is -2.06. The first-order valence-corrected chi connectivity index (χ1v) is 7.43. The number of halogens is 5. The Bertz CT molecular complexity index is 646. The molecule has 1 fully saturated rings. The molecule has 1 saturated carbocycles. The summed E-state index contributed by atoms with van der Waals surface area (Å²) in [4.78, 5) is 12.2. The highest BCUT2D eigenvalue weighted by molar-refractivity contribution is 5.93. The fraction of sp³-hybridized carbons (Fsp3) is 0.533. The number of hydrogen-bond donors (Lipinski definition) is 1. The number of fused-ring (bicyclic) bond motifs is 1. The van der Waals surface area contributed by atoms with Gasteiger partial charge in [-0.3, -0.25) is 4.79 Å². The Kier molecular flexibility index (Phi) is 4.05. The lowest BCUT2D eigenvalue weighted by Crippen LogP contribution is -2.39. The number of rotatable bonds is 2. The molecule has 0 spiro atoms. The summed E-state index contributed by atoms with van der Waals surface area (Å²) in [7, 11) is 0. The number of benzene rings is 1. The summed E-state index contributed by atoms with van der Waals surface area (Å²) < 4.78 is 73.5. The molecule has 1 aromatic carbocycles. The minimum atomic E-state index is -4.45. The van der Waals surface area contributed by atoms with Gasteiger partial charge in [-0.15, -0.1) is 8.78 Å². The molecule has 132 valence electrons. The van der Waals surface area contributed by atoms with Crippen LogP contribution in [0.2, 0.25) is 0 Å². The summed E-state index contributed by atoms with van der Waals surface area (Å²) in [6.07, 6.45) is -7.23. The highest BCUT2D eigenvalue weighted by atomic mass is 19.4. The fourth-order valence-electron chi connectivity index (χ4n) is 3.10. The molecule has 1 aliphatic heterocycles. The number of anilines is 1. The van der Waals surface area contributed by atoms with E-state index >= 15 is 0 Å². The third-order valence-electron chi connectivity index (χ3n) is 4.19. The van der Waals surface area contributed by atoms with Crippen molar-refractivity contribution >= 4 is 11.6 Å². The predicted molar refractivity (Wildman–Crippen MR) is 72.8 cm³/mol. The topological polar surface area (TPSA) is 47.6 Å². The minimum absolute atomic E-state index is 0.0755. The van der Waals surface area contributed by atoms with Crippen LogP contribution in [-0.4, -0.2) is 18.4 Å². The van der Waals surface area contributed by atoms with Gasteiger partial charge in [-0.05, 0) is 25.0 Å². The molecule has 0 aromatic heterocycles. The molecule has 0 radical (unpaired) electrons. The second-order valence-electron chi connectivity index (χ2n) is 5.86. The maximum absolute atomic E-state index is 13.1. The van der Waals surface area contributed by atoms with Gasteiger partial charge in [0.1, 0.15) is 0 Å². The second kappa shape index (κ2) is 5.78. The average molecular weight is 351 g/mol. The van der Waals surface area contributed by atoms with Crippen LogP contribution in [0.3, 0.4) is 0 Å². The largest absolute Gasteiger partial charge is 0.586 e. The molecule has 0 bridgehead atoms. The average Bonchev–Trinajstić information content (AvgIpc) is 2.79. The Morgan fingerprint density at radius 3 is 2.50 bits per heavy atom. The summed E-state index contributed by atoms with van der Waals surface area (Å²) in [5.41, 5.74) is 0.0755. The lowest BCUT2D eigenvalue weighted by Gasteiger charge is -2.31. The Labute approximate surface area is 133 Å². The molecule has 9 heteroatoms. The van der Waals surface area contributed by atoms with Crippen molar-refractivity contribution in [2.24, 2.45) is 11.8 Å². The van der Waals surface area contributed by atoms with Gasteiger partial charge in [0.2, 0.25) is 5.91 Å². The third kappa shape index (κ3) is 3.39. The second-order valence-corrected chi connectivity index (χ2v) is 5.86. The van der Waals surface area contributed by atoms with Gasteiger partial charge in [0.15, 0.2) is 11.5 Å². The van der Waals surface area contributed by atoms with Crippen molar-refractivity contribution in [2.75, 3.05) is 5.32 Å². The molecule has 1 heterocycles. The maximum atomic E-state index is 13.1. The van der Waals surface area contributed by atoms with Crippen molar-refractivity contribution in [1.29, 1.82) is 0 Å². The zero-order valence-corrected chi connectivity index (χ0v) is 12.3. The van der Waals surface area contributed by atoms with Gasteiger partial charge in [0.25, 0.3) is 0 Å². The fourth-order valence-corrected chi connectivity index (χ4v) is 3.10. The maximum Gasteiger partial charge on any atom is 0.586 e.